The zero-order valence-corrected chi connectivity index (χ0v) is 17.6. The average molecular weight is 413 g/mol. The predicted octanol–water partition coefficient (Wildman–Crippen LogP) is 4.36. The van der Waals surface area contributed by atoms with E-state index in [2.05, 4.69) is 34.6 Å². The van der Waals surface area contributed by atoms with Crippen molar-refractivity contribution in [1.82, 2.24) is 10.2 Å². The number of hydrogen-bond donors (Lipinski definition) is 1. The fourth-order valence-electron chi connectivity index (χ4n) is 3.05. The van der Waals surface area contributed by atoms with E-state index in [0.29, 0.717) is 27.9 Å². The van der Waals surface area contributed by atoms with E-state index in [0.717, 1.165) is 11.4 Å². The van der Waals surface area contributed by atoms with E-state index in [9.17, 15) is 4.79 Å². The highest BCUT2D eigenvalue weighted by atomic mass is 32.1. The number of nitrogens with one attached hydrogen (secondary N) is 1. The van der Waals surface area contributed by atoms with E-state index in [1.54, 1.807) is 12.1 Å². The minimum Gasteiger partial charge on any atom is -0.493 e. The number of anilines is 1. The van der Waals surface area contributed by atoms with Crippen molar-refractivity contribution in [3.63, 3.8) is 0 Å². The number of aromatic nitrogens is 2. The van der Waals surface area contributed by atoms with Crippen molar-refractivity contribution in [1.29, 1.82) is 0 Å². The van der Waals surface area contributed by atoms with Crippen LogP contribution in [0, 0.1) is 0 Å². The molecule has 0 aliphatic rings. The fraction of sp³-hybridized carbons (Fsp3) is 0.286. The molecular formula is C21H23N3O4S. The molecule has 0 bridgehead atoms. The quantitative estimate of drug-likeness (QED) is 0.591. The Morgan fingerprint density at radius 2 is 1.69 bits per heavy atom. The van der Waals surface area contributed by atoms with E-state index < -0.39 is 0 Å². The Morgan fingerprint density at radius 3 is 2.24 bits per heavy atom. The molecule has 0 spiro atoms. The van der Waals surface area contributed by atoms with Crippen molar-refractivity contribution in [2.75, 3.05) is 26.6 Å². The van der Waals surface area contributed by atoms with Crippen LogP contribution in [0.5, 0.6) is 17.2 Å². The van der Waals surface area contributed by atoms with Crippen LogP contribution in [0.15, 0.2) is 42.5 Å². The number of hydrogen-bond acceptors (Lipinski definition) is 7. The summed E-state index contributed by atoms with van der Waals surface area (Å²) in [6.07, 6.45) is 0.888. The van der Waals surface area contributed by atoms with Gasteiger partial charge in [-0.05, 0) is 24.1 Å². The van der Waals surface area contributed by atoms with Crippen molar-refractivity contribution < 1.29 is 19.0 Å². The van der Waals surface area contributed by atoms with Crippen molar-refractivity contribution in [3.8, 4) is 17.2 Å². The summed E-state index contributed by atoms with van der Waals surface area (Å²) in [6, 6.07) is 13.3. The van der Waals surface area contributed by atoms with E-state index in [1.165, 1.54) is 38.2 Å². The first-order valence-electron chi connectivity index (χ1n) is 9.10. The number of carbonyl (C=O) groups excluding carboxylic acids is 1. The van der Waals surface area contributed by atoms with Gasteiger partial charge < -0.3 is 14.2 Å². The van der Waals surface area contributed by atoms with Crippen LogP contribution < -0.4 is 19.5 Å². The number of carbonyl (C=O) groups is 1. The van der Waals surface area contributed by atoms with Crippen LogP contribution in [0.2, 0.25) is 0 Å². The second-order valence-electron chi connectivity index (χ2n) is 6.19. The summed E-state index contributed by atoms with van der Waals surface area (Å²) < 4.78 is 15.9. The molecule has 0 saturated heterocycles. The summed E-state index contributed by atoms with van der Waals surface area (Å²) in [6.45, 7) is 2.10. The molecule has 1 heterocycles. The third kappa shape index (κ3) is 4.48. The maximum atomic E-state index is 12.7. The third-order valence-corrected chi connectivity index (χ3v) is 5.45. The van der Waals surface area contributed by atoms with Gasteiger partial charge in [0.05, 0.1) is 21.3 Å². The monoisotopic (exact) mass is 413 g/mol. The van der Waals surface area contributed by atoms with Crippen LogP contribution in [-0.2, 0) is 0 Å². The van der Waals surface area contributed by atoms with Gasteiger partial charge in [-0.3, -0.25) is 10.1 Å². The van der Waals surface area contributed by atoms with Gasteiger partial charge in [0.25, 0.3) is 5.91 Å². The second-order valence-corrected chi connectivity index (χ2v) is 7.19. The minimum absolute atomic E-state index is 0.139. The van der Waals surface area contributed by atoms with Crippen LogP contribution in [0.3, 0.4) is 0 Å². The van der Waals surface area contributed by atoms with Gasteiger partial charge in [0.1, 0.15) is 5.01 Å². The Labute approximate surface area is 173 Å². The highest BCUT2D eigenvalue weighted by Crippen LogP contribution is 2.38. The molecule has 0 radical (unpaired) electrons. The number of benzene rings is 2. The van der Waals surface area contributed by atoms with E-state index in [4.69, 9.17) is 14.2 Å². The van der Waals surface area contributed by atoms with Gasteiger partial charge >= 0.3 is 0 Å². The molecule has 29 heavy (non-hydrogen) atoms. The Balaban J connectivity index is 1.82. The maximum Gasteiger partial charge on any atom is 0.257 e. The fourth-order valence-corrected chi connectivity index (χ4v) is 4.00. The molecule has 1 amide bonds. The van der Waals surface area contributed by atoms with Crippen LogP contribution in [0.1, 0.15) is 40.2 Å². The van der Waals surface area contributed by atoms with Crippen LogP contribution in [0.4, 0.5) is 5.13 Å². The molecule has 0 fully saturated rings. The van der Waals surface area contributed by atoms with Gasteiger partial charge in [0, 0.05) is 11.5 Å². The molecule has 1 N–H and O–H groups in total. The normalized spacial score (nSPS) is 11.6. The molecule has 0 aliphatic heterocycles. The zero-order valence-electron chi connectivity index (χ0n) is 16.8. The van der Waals surface area contributed by atoms with Gasteiger partial charge in [-0.2, -0.15) is 0 Å². The first-order chi connectivity index (χ1) is 14.1. The summed E-state index contributed by atoms with van der Waals surface area (Å²) in [4.78, 5) is 12.7. The molecule has 0 saturated carbocycles. The Bertz CT molecular complexity index is 950. The third-order valence-electron chi connectivity index (χ3n) is 4.50. The lowest BCUT2D eigenvalue weighted by Gasteiger charge is -2.13. The summed E-state index contributed by atoms with van der Waals surface area (Å²) in [5, 5.41) is 12.5. The zero-order chi connectivity index (χ0) is 20.8. The largest absolute Gasteiger partial charge is 0.493 e. The molecule has 0 aliphatic carbocycles. The number of methoxy groups -OCH3 is 3. The van der Waals surface area contributed by atoms with Gasteiger partial charge in [0.2, 0.25) is 10.9 Å². The highest BCUT2D eigenvalue weighted by Gasteiger charge is 2.20. The van der Waals surface area contributed by atoms with Crippen molar-refractivity contribution >= 4 is 22.4 Å². The molecule has 2 aromatic carbocycles. The molecule has 7 nitrogen and oxygen atoms in total. The van der Waals surface area contributed by atoms with Crippen LogP contribution in [-0.4, -0.2) is 37.4 Å². The Morgan fingerprint density at radius 1 is 1.03 bits per heavy atom. The molecule has 8 heteroatoms. The van der Waals surface area contributed by atoms with Gasteiger partial charge in [-0.15, -0.1) is 10.2 Å². The van der Waals surface area contributed by atoms with E-state index >= 15 is 0 Å². The number of rotatable bonds is 8. The van der Waals surface area contributed by atoms with E-state index in [-0.39, 0.29) is 11.8 Å². The Hall–Kier alpha value is -3.13. The van der Waals surface area contributed by atoms with Gasteiger partial charge in [0.15, 0.2) is 11.5 Å². The first-order valence-corrected chi connectivity index (χ1v) is 9.92. The Kier molecular flexibility index (Phi) is 6.66. The smallest absolute Gasteiger partial charge is 0.257 e. The number of amides is 1. The molecule has 1 atom stereocenters. The molecule has 1 aromatic heterocycles. The van der Waals surface area contributed by atoms with Gasteiger partial charge in [-0.25, -0.2) is 0 Å². The average Bonchev–Trinajstić information content (AvgIpc) is 3.21. The van der Waals surface area contributed by atoms with Crippen molar-refractivity contribution in [3.05, 3.63) is 58.6 Å². The molecule has 3 rings (SSSR count). The maximum absolute atomic E-state index is 12.7. The van der Waals surface area contributed by atoms with Crippen LogP contribution >= 0.6 is 11.3 Å². The van der Waals surface area contributed by atoms with Crippen molar-refractivity contribution in [2.45, 2.75) is 19.3 Å². The number of nitrogens with zero attached hydrogens (tertiary/aromatic N) is 2. The van der Waals surface area contributed by atoms with Gasteiger partial charge in [-0.1, -0.05) is 48.6 Å². The summed E-state index contributed by atoms with van der Waals surface area (Å²) >= 11 is 1.37. The molecule has 0 unspecified atom stereocenters. The topological polar surface area (TPSA) is 82.6 Å². The second kappa shape index (κ2) is 9.38. The highest BCUT2D eigenvalue weighted by molar-refractivity contribution is 7.15. The minimum atomic E-state index is -0.334. The molecular weight excluding hydrogens is 390 g/mol. The van der Waals surface area contributed by atoms with E-state index in [1.807, 2.05) is 18.2 Å². The lowest BCUT2D eigenvalue weighted by Crippen LogP contribution is -2.12. The van der Waals surface area contributed by atoms with Crippen molar-refractivity contribution in [2.24, 2.45) is 0 Å². The SMILES string of the molecule is CC[C@H](c1ccccc1)c1nnc(NC(=O)c2cc(OC)c(OC)c(OC)c2)s1. The summed E-state index contributed by atoms with van der Waals surface area (Å²) in [5.41, 5.74) is 1.54. The lowest BCUT2D eigenvalue weighted by atomic mass is 9.97. The lowest BCUT2D eigenvalue weighted by molar-refractivity contribution is 0.102. The first kappa shape index (κ1) is 20.6. The molecule has 3 aromatic rings. The summed E-state index contributed by atoms with van der Waals surface area (Å²) in [7, 11) is 4.52. The molecule has 152 valence electrons. The predicted molar refractivity (Wildman–Crippen MR) is 113 cm³/mol. The van der Waals surface area contributed by atoms with Crippen LogP contribution in [0.25, 0.3) is 0 Å². The summed E-state index contributed by atoms with van der Waals surface area (Å²) in [5.74, 6) is 1.05. The number of ether oxygens (including phenoxy) is 3. The standard InChI is InChI=1S/C21H23N3O4S/c1-5-15(13-9-7-6-8-10-13)20-23-24-21(29-20)22-19(25)14-11-16(26-2)18(28-4)17(12-14)27-3/h6-12,15H,5H2,1-4H3,(H,22,24,25)/t15-/m1/s1.